The molecule has 0 unspecified atom stereocenters. The second-order valence-electron chi connectivity index (χ2n) is 4.76. The Morgan fingerprint density at radius 1 is 1.27 bits per heavy atom. The standard InChI is InChI=1S/C16H15N3O3/c20-10-14(11-5-2-1-3-6-11)17-16(21)13-9-12(18-19-13)15-7-4-8-22-15/h1-9,14,20H,10H2,(H,17,21)(H,18,19)/t14-/m1/s1. The Bertz CT molecular complexity index is 735. The summed E-state index contributed by atoms with van der Waals surface area (Å²) in [5.74, 6) is 0.241. The highest BCUT2D eigenvalue weighted by molar-refractivity contribution is 5.93. The van der Waals surface area contributed by atoms with Crippen molar-refractivity contribution in [3.05, 3.63) is 66.1 Å². The zero-order valence-electron chi connectivity index (χ0n) is 11.7. The van der Waals surface area contributed by atoms with Crippen molar-refractivity contribution >= 4 is 5.91 Å². The molecule has 3 rings (SSSR count). The summed E-state index contributed by atoms with van der Waals surface area (Å²) >= 11 is 0. The maximum Gasteiger partial charge on any atom is 0.272 e. The number of amides is 1. The predicted octanol–water partition coefficient (Wildman–Crippen LogP) is 2.13. The highest BCUT2D eigenvalue weighted by Crippen LogP contribution is 2.18. The first kappa shape index (κ1) is 14.1. The molecular formula is C16H15N3O3. The number of aromatic nitrogens is 2. The molecule has 1 atom stereocenters. The number of aliphatic hydroxyl groups is 1. The summed E-state index contributed by atoms with van der Waals surface area (Å²) in [6, 6.07) is 13.9. The number of carbonyl (C=O) groups is 1. The second kappa shape index (κ2) is 6.28. The van der Waals surface area contributed by atoms with E-state index in [1.54, 1.807) is 24.5 Å². The molecule has 22 heavy (non-hydrogen) atoms. The second-order valence-corrected chi connectivity index (χ2v) is 4.76. The van der Waals surface area contributed by atoms with Crippen LogP contribution in [0.1, 0.15) is 22.1 Å². The number of furan rings is 1. The van der Waals surface area contributed by atoms with Gasteiger partial charge >= 0.3 is 0 Å². The fraction of sp³-hybridized carbons (Fsp3) is 0.125. The molecule has 0 bridgehead atoms. The first-order valence-corrected chi connectivity index (χ1v) is 6.84. The fourth-order valence-corrected chi connectivity index (χ4v) is 2.15. The van der Waals surface area contributed by atoms with Crippen LogP contribution >= 0.6 is 0 Å². The minimum absolute atomic E-state index is 0.189. The summed E-state index contributed by atoms with van der Waals surface area (Å²) in [7, 11) is 0. The Balaban J connectivity index is 1.74. The van der Waals surface area contributed by atoms with Gasteiger partial charge in [-0.3, -0.25) is 9.89 Å². The Kier molecular flexibility index (Phi) is 4.02. The molecule has 0 saturated carbocycles. The molecule has 0 aliphatic carbocycles. The average Bonchev–Trinajstić information content (AvgIpc) is 3.23. The van der Waals surface area contributed by atoms with E-state index in [0.29, 0.717) is 11.5 Å². The normalized spacial score (nSPS) is 12.0. The third-order valence-electron chi connectivity index (χ3n) is 3.29. The van der Waals surface area contributed by atoms with Crippen LogP contribution in [0.2, 0.25) is 0 Å². The minimum atomic E-state index is -0.475. The first-order valence-electron chi connectivity index (χ1n) is 6.84. The van der Waals surface area contributed by atoms with Gasteiger partial charge in [-0.25, -0.2) is 0 Å². The summed E-state index contributed by atoms with van der Waals surface area (Å²) in [5.41, 5.74) is 1.69. The van der Waals surface area contributed by atoms with Crippen molar-refractivity contribution in [2.45, 2.75) is 6.04 Å². The van der Waals surface area contributed by atoms with Crippen LogP contribution in [0.25, 0.3) is 11.5 Å². The van der Waals surface area contributed by atoms with E-state index in [1.165, 1.54) is 0 Å². The lowest BCUT2D eigenvalue weighted by Gasteiger charge is -2.15. The molecule has 0 radical (unpaired) electrons. The Morgan fingerprint density at radius 2 is 2.09 bits per heavy atom. The molecule has 0 fully saturated rings. The third kappa shape index (κ3) is 2.91. The van der Waals surface area contributed by atoms with Crippen LogP contribution in [-0.4, -0.2) is 27.8 Å². The molecule has 6 nitrogen and oxygen atoms in total. The van der Waals surface area contributed by atoms with Gasteiger partial charge in [0, 0.05) is 6.07 Å². The molecule has 1 amide bonds. The average molecular weight is 297 g/mol. The number of H-pyrrole nitrogens is 1. The molecule has 3 N–H and O–H groups in total. The van der Waals surface area contributed by atoms with Crippen molar-refractivity contribution in [3.8, 4) is 11.5 Å². The van der Waals surface area contributed by atoms with Gasteiger partial charge in [0.25, 0.3) is 5.91 Å². The summed E-state index contributed by atoms with van der Waals surface area (Å²) in [5, 5.41) is 19.0. The van der Waals surface area contributed by atoms with Crippen molar-refractivity contribution in [1.82, 2.24) is 15.5 Å². The molecule has 2 heterocycles. The quantitative estimate of drug-likeness (QED) is 0.673. The van der Waals surface area contributed by atoms with Gasteiger partial charge in [0.05, 0.1) is 18.9 Å². The van der Waals surface area contributed by atoms with Crippen molar-refractivity contribution in [2.24, 2.45) is 0 Å². The van der Waals surface area contributed by atoms with E-state index in [1.807, 2.05) is 30.3 Å². The zero-order valence-corrected chi connectivity index (χ0v) is 11.7. The smallest absolute Gasteiger partial charge is 0.272 e. The van der Waals surface area contributed by atoms with Crippen LogP contribution in [0, 0.1) is 0 Å². The predicted molar refractivity (Wildman–Crippen MR) is 80.0 cm³/mol. The lowest BCUT2D eigenvalue weighted by Crippen LogP contribution is -2.31. The molecule has 3 aromatic rings. The first-order chi connectivity index (χ1) is 10.8. The zero-order chi connectivity index (χ0) is 15.4. The number of nitrogens with one attached hydrogen (secondary N) is 2. The molecule has 0 saturated heterocycles. The number of hydrogen-bond acceptors (Lipinski definition) is 4. The SMILES string of the molecule is O=C(N[C@H](CO)c1ccccc1)c1cc(-c2ccco2)[nH]n1. The summed E-state index contributed by atoms with van der Waals surface area (Å²) in [6.07, 6.45) is 1.55. The largest absolute Gasteiger partial charge is 0.463 e. The summed E-state index contributed by atoms with van der Waals surface area (Å²) in [6.45, 7) is -0.189. The monoisotopic (exact) mass is 297 g/mol. The summed E-state index contributed by atoms with van der Waals surface area (Å²) < 4.78 is 5.24. The molecule has 1 aromatic carbocycles. The van der Waals surface area contributed by atoms with E-state index in [0.717, 1.165) is 5.56 Å². The molecule has 0 aliphatic heterocycles. The Hall–Kier alpha value is -2.86. The number of hydrogen-bond donors (Lipinski definition) is 3. The van der Waals surface area contributed by atoms with Crippen LogP contribution in [0.15, 0.2) is 59.2 Å². The number of nitrogens with zero attached hydrogens (tertiary/aromatic N) is 1. The fourth-order valence-electron chi connectivity index (χ4n) is 2.15. The van der Waals surface area contributed by atoms with Gasteiger partial charge in [0.2, 0.25) is 0 Å². The lowest BCUT2D eigenvalue weighted by molar-refractivity contribution is 0.0911. The van der Waals surface area contributed by atoms with Crippen molar-refractivity contribution in [2.75, 3.05) is 6.61 Å². The van der Waals surface area contributed by atoms with Gasteiger partial charge in [-0.1, -0.05) is 30.3 Å². The van der Waals surface area contributed by atoms with E-state index < -0.39 is 6.04 Å². The van der Waals surface area contributed by atoms with Gasteiger partial charge in [0.1, 0.15) is 5.69 Å². The van der Waals surface area contributed by atoms with Crippen LogP contribution in [0.4, 0.5) is 0 Å². The van der Waals surface area contributed by atoms with Gasteiger partial charge < -0.3 is 14.8 Å². The van der Waals surface area contributed by atoms with Gasteiger partial charge in [-0.2, -0.15) is 5.10 Å². The van der Waals surface area contributed by atoms with Crippen LogP contribution in [0.5, 0.6) is 0 Å². The highest BCUT2D eigenvalue weighted by Gasteiger charge is 2.17. The molecule has 6 heteroatoms. The maximum absolute atomic E-state index is 12.2. The van der Waals surface area contributed by atoms with Crippen molar-refractivity contribution in [1.29, 1.82) is 0 Å². The Morgan fingerprint density at radius 3 is 2.77 bits per heavy atom. The molecule has 112 valence electrons. The number of carbonyl (C=O) groups excluding carboxylic acids is 1. The lowest BCUT2D eigenvalue weighted by atomic mass is 10.1. The summed E-state index contributed by atoms with van der Waals surface area (Å²) in [4.78, 5) is 12.2. The van der Waals surface area contributed by atoms with E-state index in [9.17, 15) is 9.90 Å². The number of benzene rings is 1. The highest BCUT2D eigenvalue weighted by atomic mass is 16.3. The van der Waals surface area contributed by atoms with Crippen LogP contribution in [0.3, 0.4) is 0 Å². The number of aliphatic hydroxyl groups excluding tert-OH is 1. The number of rotatable bonds is 5. The third-order valence-corrected chi connectivity index (χ3v) is 3.29. The molecule has 0 aliphatic rings. The molecule has 0 spiro atoms. The van der Waals surface area contributed by atoms with Crippen molar-refractivity contribution in [3.63, 3.8) is 0 Å². The number of aromatic amines is 1. The maximum atomic E-state index is 12.2. The topological polar surface area (TPSA) is 91.1 Å². The Labute approximate surface area is 126 Å². The molecular weight excluding hydrogens is 282 g/mol. The van der Waals surface area contributed by atoms with Crippen LogP contribution in [-0.2, 0) is 0 Å². The minimum Gasteiger partial charge on any atom is -0.463 e. The van der Waals surface area contributed by atoms with E-state index in [2.05, 4.69) is 15.5 Å². The van der Waals surface area contributed by atoms with Crippen molar-refractivity contribution < 1.29 is 14.3 Å². The molecule has 2 aromatic heterocycles. The van der Waals surface area contributed by atoms with Gasteiger partial charge in [-0.05, 0) is 17.7 Å². The van der Waals surface area contributed by atoms with Gasteiger partial charge in [0.15, 0.2) is 11.5 Å². The van der Waals surface area contributed by atoms with E-state index >= 15 is 0 Å². The van der Waals surface area contributed by atoms with Gasteiger partial charge in [-0.15, -0.1) is 0 Å². The van der Waals surface area contributed by atoms with E-state index in [4.69, 9.17) is 4.42 Å². The van der Waals surface area contributed by atoms with Crippen LogP contribution < -0.4 is 5.32 Å². The van der Waals surface area contributed by atoms with E-state index in [-0.39, 0.29) is 18.2 Å².